The summed E-state index contributed by atoms with van der Waals surface area (Å²) in [7, 11) is 0. The number of benzene rings is 7. The van der Waals surface area contributed by atoms with E-state index in [1.54, 1.807) is 0 Å². The maximum absolute atomic E-state index is 6.88. The Bertz CT molecular complexity index is 3080. The minimum absolute atomic E-state index is 0.622. The zero-order valence-electron chi connectivity index (χ0n) is 24.9. The van der Waals surface area contributed by atoms with Gasteiger partial charge in [0.25, 0.3) is 0 Å². The minimum Gasteiger partial charge on any atom is -0.454 e. The van der Waals surface area contributed by atoms with E-state index in [-0.39, 0.29) is 0 Å². The summed E-state index contributed by atoms with van der Waals surface area (Å²) in [4.78, 5) is 10.6. The summed E-state index contributed by atoms with van der Waals surface area (Å²) >= 11 is 1.85. The Kier molecular flexibility index (Phi) is 4.96. The van der Waals surface area contributed by atoms with Gasteiger partial charge in [-0.3, -0.25) is 4.57 Å². The first-order valence-electron chi connectivity index (χ1n) is 15.8. The van der Waals surface area contributed by atoms with E-state index < -0.39 is 0 Å². The maximum atomic E-state index is 6.88. The molecule has 0 spiro atoms. The fourth-order valence-corrected chi connectivity index (χ4v) is 8.77. The first kappa shape index (κ1) is 25.2. The predicted molar refractivity (Wildman–Crippen MR) is 197 cm³/mol. The van der Waals surface area contributed by atoms with Crippen molar-refractivity contribution in [3.8, 4) is 17.2 Å². The van der Waals surface area contributed by atoms with Crippen molar-refractivity contribution >= 4 is 96.9 Å². The van der Waals surface area contributed by atoms with Gasteiger partial charge in [-0.15, -0.1) is 11.3 Å². The lowest BCUT2D eigenvalue weighted by Gasteiger charge is -2.12. The second-order valence-electron chi connectivity index (χ2n) is 12.1. The fraction of sp³-hybridized carbons (Fsp3) is 0. The lowest BCUT2D eigenvalue weighted by molar-refractivity contribution is 0.671. The van der Waals surface area contributed by atoms with Gasteiger partial charge in [0, 0.05) is 58.1 Å². The number of hydrogen-bond donors (Lipinski definition) is 0. The van der Waals surface area contributed by atoms with Crippen LogP contribution in [0.4, 0.5) is 0 Å². The molecular weight excluding hydrogens is 595 g/mol. The standard InChI is InChI=1S/C42H23N3OS/c1-2-12-24(13-3-1)39-25-14-4-8-18-30(25)43-42(44-39)45-31-19-9-5-15-26(31)38-37-29(22-23-34-36(37)28-17-7-11-21-33(28)47-34)35-27-16-6-10-20-32(27)46-41(35)40(38)45/h1-23H. The van der Waals surface area contributed by atoms with Gasteiger partial charge in [0.1, 0.15) is 11.1 Å². The van der Waals surface area contributed by atoms with Crippen LogP contribution in [0.2, 0.25) is 0 Å². The molecule has 0 aliphatic heterocycles. The molecule has 0 saturated heterocycles. The normalized spacial score (nSPS) is 12.3. The highest BCUT2D eigenvalue weighted by atomic mass is 32.1. The largest absolute Gasteiger partial charge is 0.454 e. The van der Waals surface area contributed by atoms with Gasteiger partial charge >= 0.3 is 0 Å². The molecular formula is C42H23N3OS. The van der Waals surface area contributed by atoms with Gasteiger partial charge in [-0.05, 0) is 35.7 Å². The van der Waals surface area contributed by atoms with Crippen molar-refractivity contribution in [2.75, 3.05) is 0 Å². The molecule has 0 bridgehead atoms. The summed E-state index contributed by atoms with van der Waals surface area (Å²) in [6.07, 6.45) is 0. The molecule has 218 valence electrons. The van der Waals surface area contributed by atoms with Crippen LogP contribution in [0.25, 0.3) is 103 Å². The molecule has 7 aromatic carbocycles. The smallest absolute Gasteiger partial charge is 0.235 e. The third kappa shape index (κ3) is 3.36. The van der Waals surface area contributed by atoms with E-state index in [1.807, 2.05) is 29.5 Å². The van der Waals surface area contributed by atoms with Gasteiger partial charge in [0.2, 0.25) is 5.95 Å². The molecule has 0 aliphatic carbocycles. The van der Waals surface area contributed by atoms with E-state index >= 15 is 0 Å². The topological polar surface area (TPSA) is 43.9 Å². The Morgan fingerprint density at radius 3 is 2.11 bits per heavy atom. The van der Waals surface area contributed by atoms with Crippen LogP contribution in [-0.2, 0) is 0 Å². The molecule has 11 aromatic rings. The molecule has 4 aromatic heterocycles. The van der Waals surface area contributed by atoms with E-state index in [4.69, 9.17) is 14.4 Å². The van der Waals surface area contributed by atoms with Crippen molar-refractivity contribution in [2.24, 2.45) is 0 Å². The number of fused-ring (bicyclic) bond motifs is 15. The first-order valence-corrected chi connectivity index (χ1v) is 16.6. The summed E-state index contributed by atoms with van der Waals surface area (Å²) in [6.45, 7) is 0. The van der Waals surface area contributed by atoms with E-state index in [0.29, 0.717) is 5.95 Å². The molecule has 0 atom stereocenters. The van der Waals surface area contributed by atoms with E-state index in [9.17, 15) is 0 Å². The molecule has 4 heterocycles. The van der Waals surface area contributed by atoms with Crippen molar-refractivity contribution < 1.29 is 4.42 Å². The SMILES string of the molecule is c1ccc(-c2nc(-n3c4ccccc4c4c5c(ccc6sc7ccccc7c65)c5c6ccccc6oc5c43)nc3ccccc23)cc1. The van der Waals surface area contributed by atoms with E-state index in [1.165, 1.54) is 30.9 Å². The van der Waals surface area contributed by atoms with Crippen molar-refractivity contribution in [3.05, 3.63) is 140 Å². The van der Waals surface area contributed by atoms with Gasteiger partial charge in [0.05, 0.1) is 16.7 Å². The Labute approximate surface area is 271 Å². The summed E-state index contributed by atoms with van der Waals surface area (Å²) in [5, 5.41) is 10.6. The monoisotopic (exact) mass is 617 g/mol. The first-order chi connectivity index (χ1) is 23.3. The van der Waals surface area contributed by atoms with Crippen LogP contribution in [0.3, 0.4) is 0 Å². The molecule has 0 fully saturated rings. The fourth-order valence-electron chi connectivity index (χ4n) is 7.66. The highest BCUT2D eigenvalue weighted by molar-refractivity contribution is 7.26. The molecule has 0 saturated carbocycles. The number of para-hydroxylation sites is 3. The second kappa shape index (κ2) is 9.25. The van der Waals surface area contributed by atoms with Crippen LogP contribution in [0.1, 0.15) is 0 Å². The molecule has 0 amide bonds. The lowest BCUT2D eigenvalue weighted by Crippen LogP contribution is -2.03. The van der Waals surface area contributed by atoms with Crippen molar-refractivity contribution in [2.45, 2.75) is 0 Å². The average Bonchev–Trinajstić information content (AvgIpc) is 3.81. The number of aromatic nitrogens is 3. The van der Waals surface area contributed by atoms with Crippen molar-refractivity contribution in [1.82, 2.24) is 14.5 Å². The molecule has 4 nitrogen and oxygen atoms in total. The highest BCUT2D eigenvalue weighted by Gasteiger charge is 2.26. The van der Waals surface area contributed by atoms with Gasteiger partial charge in [-0.1, -0.05) is 109 Å². The predicted octanol–water partition coefficient (Wildman–Crippen LogP) is 11.8. The van der Waals surface area contributed by atoms with Crippen LogP contribution in [0, 0.1) is 0 Å². The molecule has 11 rings (SSSR count). The molecule has 0 unspecified atom stereocenters. The Hall–Kier alpha value is -6.04. The Morgan fingerprint density at radius 1 is 0.489 bits per heavy atom. The van der Waals surface area contributed by atoms with Gasteiger partial charge in [-0.2, -0.15) is 0 Å². The average molecular weight is 618 g/mol. The molecule has 0 N–H and O–H groups in total. The third-order valence-corrected chi connectivity index (χ3v) is 10.7. The van der Waals surface area contributed by atoms with Crippen LogP contribution < -0.4 is 0 Å². The minimum atomic E-state index is 0.622. The lowest BCUT2D eigenvalue weighted by atomic mass is 9.95. The molecule has 0 radical (unpaired) electrons. The molecule has 0 aliphatic rings. The number of nitrogens with zero attached hydrogens (tertiary/aromatic N) is 3. The van der Waals surface area contributed by atoms with E-state index in [2.05, 4.69) is 126 Å². The third-order valence-electron chi connectivity index (χ3n) is 9.59. The Balaban J connectivity index is 1.43. The van der Waals surface area contributed by atoms with Crippen molar-refractivity contribution in [3.63, 3.8) is 0 Å². The number of thiophene rings is 1. The van der Waals surface area contributed by atoms with Crippen molar-refractivity contribution in [1.29, 1.82) is 0 Å². The summed E-state index contributed by atoms with van der Waals surface area (Å²) < 4.78 is 11.7. The van der Waals surface area contributed by atoms with Crippen LogP contribution in [0.5, 0.6) is 0 Å². The van der Waals surface area contributed by atoms with Crippen LogP contribution in [0.15, 0.2) is 144 Å². The van der Waals surface area contributed by atoms with E-state index in [0.717, 1.165) is 65.9 Å². The molecule has 47 heavy (non-hydrogen) atoms. The molecule has 5 heteroatoms. The zero-order chi connectivity index (χ0) is 30.6. The van der Waals surface area contributed by atoms with Crippen LogP contribution in [-0.4, -0.2) is 14.5 Å². The van der Waals surface area contributed by atoms with Crippen LogP contribution >= 0.6 is 11.3 Å². The quantitative estimate of drug-likeness (QED) is 0.194. The maximum Gasteiger partial charge on any atom is 0.235 e. The second-order valence-corrected chi connectivity index (χ2v) is 13.2. The highest BCUT2D eigenvalue weighted by Crippen LogP contribution is 2.49. The summed E-state index contributed by atoms with van der Waals surface area (Å²) in [6, 6.07) is 49.1. The number of furan rings is 1. The Morgan fingerprint density at radius 2 is 1.21 bits per heavy atom. The zero-order valence-corrected chi connectivity index (χ0v) is 25.8. The van der Waals surface area contributed by atoms with Gasteiger partial charge in [0.15, 0.2) is 5.58 Å². The van der Waals surface area contributed by atoms with Gasteiger partial charge in [-0.25, -0.2) is 9.97 Å². The number of hydrogen-bond acceptors (Lipinski definition) is 4. The number of rotatable bonds is 2. The van der Waals surface area contributed by atoms with Gasteiger partial charge < -0.3 is 4.42 Å². The summed E-state index contributed by atoms with van der Waals surface area (Å²) in [5.41, 5.74) is 6.61. The summed E-state index contributed by atoms with van der Waals surface area (Å²) in [5.74, 6) is 0.622.